The molecule has 0 nitrogen and oxygen atoms in total. The van der Waals surface area contributed by atoms with Crippen LogP contribution in [0.3, 0.4) is 0 Å². The fourth-order valence-electron chi connectivity index (χ4n) is 3.26. The predicted octanol–water partition coefficient (Wildman–Crippen LogP) is 5.35. The molecule has 0 aliphatic heterocycles. The van der Waals surface area contributed by atoms with Crippen LogP contribution in [0.4, 0.5) is 0 Å². The summed E-state index contributed by atoms with van der Waals surface area (Å²) in [7, 11) is 0. The van der Waals surface area contributed by atoms with Crippen molar-refractivity contribution in [2.24, 2.45) is 11.8 Å². The summed E-state index contributed by atoms with van der Waals surface area (Å²) in [6, 6.07) is 21.8. The van der Waals surface area contributed by atoms with E-state index in [4.69, 9.17) is 0 Å². The van der Waals surface area contributed by atoms with Crippen molar-refractivity contribution in [1.29, 1.82) is 0 Å². The molecule has 0 saturated carbocycles. The lowest BCUT2D eigenvalue weighted by Gasteiger charge is -2.19. The lowest BCUT2D eigenvalue weighted by Crippen LogP contribution is -2.13. The normalized spacial score (nSPS) is 21.3. The van der Waals surface area contributed by atoms with E-state index < -0.39 is 0 Å². The van der Waals surface area contributed by atoms with Gasteiger partial charge in [-0.2, -0.15) is 0 Å². The molecule has 0 saturated heterocycles. The fraction of sp³-hybridized carbons (Fsp3) is 0.300. The molecule has 21 heavy (non-hydrogen) atoms. The Balaban J connectivity index is 1.73. The van der Waals surface area contributed by atoms with Crippen LogP contribution in [-0.2, 0) is 12.8 Å². The Morgan fingerprint density at radius 2 is 1.43 bits per heavy atom. The first-order valence-corrected chi connectivity index (χ1v) is 8.90. The first kappa shape index (κ1) is 14.5. The Kier molecular flexibility index (Phi) is 4.82. The van der Waals surface area contributed by atoms with Gasteiger partial charge in [0.15, 0.2) is 0 Å². The third-order valence-electron chi connectivity index (χ3n) is 4.39. The summed E-state index contributed by atoms with van der Waals surface area (Å²) >= 11 is 1.92. The van der Waals surface area contributed by atoms with Gasteiger partial charge in [-0.15, -0.1) is 11.8 Å². The Morgan fingerprint density at radius 3 is 2.00 bits per heavy atom. The van der Waals surface area contributed by atoms with Crippen molar-refractivity contribution in [3.63, 3.8) is 0 Å². The molecule has 1 heteroatoms. The van der Waals surface area contributed by atoms with Gasteiger partial charge in [0.25, 0.3) is 0 Å². The summed E-state index contributed by atoms with van der Waals surface area (Å²) in [4.78, 5) is 1.57. The van der Waals surface area contributed by atoms with Gasteiger partial charge in [-0.1, -0.05) is 66.7 Å². The molecule has 0 bridgehead atoms. The van der Waals surface area contributed by atoms with Gasteiger partial charge in [0.2, 0.25) is 0 Å². The minimum absolute atomic E-state index is 0.676. The molecule has 0 radical (unpaired) electrons. The molecule has 2 atom stereocenters. The lowest BCUT2D eigenvalue weighted by molar-refractivity contribution is 0.418. The molecule has 1 aliphatic carbocycles. The van der Waals surface area contributed by atoms with Crippen LogP contribution in [0.5, 0.6) is 0 Å². The number of hydrogen-bond acceptors (Lipinski definition) is 1. The van der Waals surface area contributed by atoms with Gasteiger partial charge >= 0.3 is 0 Å². The maximum Gasteiger partial charge on any atom is -0.0140 e. The van der Waals surface area contributed by atoms with Gasteiger partial charge in [0.05, 0.1) is 0 Å². The molecule has 0 spiro atoms. The van der Waals surface area contributed by atoms with Crippen LogP contribution in [0.15, 0.2) is 71.6 Å². The molecular weight excluding hydrogens is 272 g/mol. The molecule has 2 aromatic carbocycles. The minimum Gasteiger partial charge on any atom is -0.134 e. The summed E-state index contributed by atoms with van der Waals surface area (Å²) in [5, 5.41) is 0. The Morgan fingerprint density at radius 1 is 0.857 bits per heavy atom. The molecule has 0 heterocycles. The van der Waals surface area contributed by atoms with E-state index in [1.807, 2.05) is 11.8 Å². The summed E-state index contributed by atoms with van der Waals surface area (Å²) in [6.07, 6.45) is 8.33. The SMILES string of the molecule is CSC1=C[C@H](Cc2ccccc2)[C@@H](Cc2ccccc2)C1. The van der Waals surface area contributed by atoms with Gasteiger partial charge in [0.1, 0.15) is 0 Å². The second-order valence-corrected chi connectivity index (χ2v) is 6.78. The summed E-state index contributed by atoms with van der Waals surface area (Å²) < 4.78 is 0. The highest BCUT2D eigenvalue weighted by atomic mass is 32.2. The van der Waals surface area contributed by atoms with Crippen LogP contribution in [0.2, 0.25) is 0 Å². The third kappa shape index (κ3) is 3.79. The van der Waals surface area contributed by atoms with Gasteiger partial charge < -0.3 is 0 Å². The molecule has 1 aliphatic rings. The van der Waals surface area contributed by atoms with Crippen molar-refractivity contribution in [1.82, 2.24) is 0 Å². The van der Waals surface area contributed by atoms with Gasteiger partial charge in [0, 0.05) is 0 Å². The van der Waals surface area contributed by atoms with E-state index in [0.717, 1.165) is 5.92 Å². The summed E-state index contributed by atoms with van der Waals surface area (Å²) in [5.74, 6) is 1.42. The van der Waals surface area contributed by atoms with Crippen LogP contribution >= 0.6 is 11.8 Å². The maximum atomic E-state index is 2.52. The lowest BCUT2D eigenvalue weighted by atomic mass is 9.85. The minimum atomic E-state index is 0.676. The van der Waals surface area contributed by atoms with E-state index in [1.54, 1.807) is 4.91 Å². The highest BCUT2D eigenvalue weighted by Gasteiger charge is 2.27. The molecule has 0 aromatic heterocycles. The van der Waals surface area contributed by atoms with Gasteiger partial charge in [-0.25, -0.2) is 0 Å². The zero-order valence-electron chi connectivity index (χ0n) is 12.5. The zero-order chi connectivity index (χ0) is 14.5. The molecule has 108 valence electrons. The Labute approximate surface area is 132 Å². The Bertz CT molecular complexity index is 586. The highest BCUT2D eigenvalue weighted by molar-refractivity contribution is 8.02. The Hall–Kier alpha value is -1.47. The van der Waals surface area contributed by atoms with E-state index in [-0.39, 0.29) is 0 Å². The van der Waals surface area contributed by atoms with Crippen LogP contribution < -0.4 is 0 Å². The largest absolute Gasteiger partial charge is 0.134 e. The number of thioether (sulfide) groups is 1. The van der Waals surface area contributed by atoms with Crippen LogP contribution in [-0.4, -0.2) is 6.26 Å². The zero-order valence-corrected chi connectivity index (χ0v) is 13.4. The predicted molar refractivity (Wildman–Crippen MR) is 93.5 cm³/mol. The number of benzene rings is 2. The van der Waals surface area contributed by atoms with E-state index in [9.17, 15) is 0 Å². The van der Waals surface area contributed by atoms with E-state index >= 15 is 0 Å². The molecule has 0 fully saturated rings. The van der Waals surface area contributed by atoms with Gasteiger partial charge in [-0.05, 0) is 53.4 Å². The van der Waals surface area contributed by atoms with E-state index in [0.29, 0.717) is 5.92 Å². The van der Waals surface area contributed by atoms with Crippen molar-refractivity contribution in [2.75, 3.05) is 6.26 Å². The monoisotopic (exact) mass is 294 g/mol. The fourth-order valence-corrected chi connectivity index (χ4v) is 3.95. The second-order valence-electron chi connectivity index (χ2n) is 5.84. The average molecular weight is 294 g/mol. The standard InChI is InChI=1S/C20H22S/c1-21-20-14-18(12-16-8-4-2-5-9-16)19(15-20)13-17-10-6-3-7-11-17/h2-11,14,18-19H,12-13,15H2,1H3/t18-,19-/m0/s1. The van der Waals surface area contributed by atoms with Gasteiger partial charge in [-0.3, -0.25) is 0 Å². The first-order chi connectivity index (χ1) is 10.3. The smallest absolute Gasteiger partial charge is 0.0140 e. The van der Waals surface area contributed by atoms with Crippen LogP contribution in [0.1, 0.15) is 17.5 Å². The average Bonchev–Trinajstić information content (AvgIpc) is 2.91. The van der Waals surface area contributed by atoms with Crippen molar-refractivity contribution >= 4 is 11.8 Å². The second kappa shape index (κ2) is 7.00. The molecule has 0 amide bonds. The van der Waals surface area contributed by atoms with E-state index in [2.05, 4.69) is 73.0 Å². The number of allylic oxidation sites excluding steroid dienone is 2. The quantitative estimate of drug-likeness (QED) is 0.716. The van der Waals surface area contributed by atoms with Crippen LogP contribution in [0.25, 0.3) is 0 Å². The summed E-state index contributed by atoms with van der Waals surface area (Å²) in [6.45, 7) is 0. The molecule has 0 unspecified atom stereocenters. The summed E-state index contributed by atoms with van der Waals surface area (Å²) in [5.41, 5.74) is 2.93. The van der Waals surface area contributed by atoms with Crippen molar-refractivity contribution in [3.8, 4) is 0 Å². The van der Waals surface area contributed by atoms with Crippen LogP contribution in [0, 0.1) is 11.8 Å². The number of hydrogen-bond donors (Lipinski definition) is 0. The van der Waals surface area contributed by atoms with Crippen molar-refractivity contribution in [2.45, 2.75) is 19.3 Å². The molecule has 0 N–H and O–H groups in total. The topological polar surface area (TPSA) is 0 Å². The third-order valence-corrected chi connectivity index (χ3v) is 5.21. The highest BCUT2D eigenvalue weighted by Crippen LogP contribution is 2.39. The van der Waals surface area contributed by atoms with E-state index in [1.165, 1.54) is 30.4 Å². The van der Waals surface area contributed by atoms with Crippen molar-refractivity contribution in [3.05, 3.63) is 82.8 Å². The van der Waals surface area contributed by atoms with Crippen molar-refractivity contribution < 1.29 is 0 Å². The molecule has 3 rings (SSSR count). The first-order valence-electron chi connectivity index (χ1n) is 7.67. The molecule has 2 aromatic rings. The maximum absolute atomic E-state index is 2.52. The number of rotatable bonds is 5. The molecular formula is C20H22S.